The van der Waals surface area contributed by atoms with Crippen molar-refractivity contribution in [2.45, 2.75) is 32.9 Å². The van der Waals surface area contributed by atoms with Gasteiger partial charge in [-0.25, -0.2) is 15.4 Å². The molecule has 0 fully saturated rings. The first-order chi connectivity index (χ1) is 8.74. The van der Waals surface area contributed by atoms with Crippen molar-refractivity contribution in [3.05, 3.63) is 41.7 Å². The molecule has 0 saturated carbocycles. The van der Waals surface area contributed by atoms with E-state index in [1.165, 1.54) is 0 Å². The molecule has 6 heteroatoms. The summed E-state index contributed by atoms with van der Waals surface area (Å²) >= 11 is 0. The highest BCUT2D eigenvalue weighted by atomic mass is 15.3. The first-order valence-electron chi connectivity index (χ1n) is 6.01. The molecule has 3 N–H and O–H groups in total. The highest BCUT2D eigenvalue weighted by Gasteiger charge is 2.16. The molecule has 2 aromatic heterocycles. The molecule has 2 rings (SSSR count). The first kappa shape index (κ1) is 12.7. The molecular weight excluding hydrogens is 228 g/mol. The van der Waals surface area contributed by atoms with E-state index in [0.29, 0.717) is 5.82 Å². The van der Waals surface area contributed by atoms with Crippen molar-refractivity contribution in [2.75, 3.05) is 0 Å². The first-order valence-corrected chi connectivity index (χ1v) is 6.01. The van der Waals surface area contributed by atoms with Gasteiger partial charge in [0.15, 0.2) is 0 Å². The number of nitrogens with zero attached hydrogens (tertiary/aromatic N) is 4. The monoisotopic (exact) mass is 246 g/mol. The average molecular weight is 246 g/mol. The van der Waals surface area contributed by atoms with Crippen LogP contribution in [0.1, 0.15) is 30.2 Å². The number of aromatic nitrogens is 4. The highest BCUT2D eigenvalue weighted by Crippen LogP contribution is 2.14. The fourth-order valence-corrected chi connectivity index (χ4v) is 1.96. The fraction of sp³-hybridized carbons (Fsp3) is 0.417. The second-order valence-corrected chi connectivity index (χ2v) is 4.12. The summed E-state index contributed by atoms with van der Waals surface area (Å²) in [7, 11) is 0. The average Bonchev–Trinajstić information content (AvgIpc) is 2.77. The number of hydrazine groups is 1. The second kappa shape index (κ2) is 5.70. The topological polar surface area (TPSA) is 81.7 Å². The molecule has 0 bridgehead atoms. The molecule has 18 heavy (non-hydrogen) atoms. The lowest BCUT2D eigenvalue weighted by Gasteiger charge is -2.14. The lowest BCUT2D eigenvalue weighted by molar-refractivity contribution is 0.495. The van der Waals surface area contributed by atoms with E-state index >= 15 is 0 Å². The zero-order chi connectivity index (χ0) is 13.0. The lowest BCUT2D eigenvalue weighted by Crippen LogP contribution is -2.31. The Morgan fingerprint density at radius 1 is 1.39 bits per heavy atom. The Hall–Kier alpha value is -1.79. The van der Waals surface area contributed by atoms with E-state index in [2.05, 4.69) is 33.5 Å². The number of hydrogen-bond donors (Lipinski definition) is 2. The molecule has 0 aliphatic rings. The standard InChI is InChI=1S/C12H18N6/c1-3-18-10(7-9(2)17-18)8-11(16-13)12-14-5-4-6-15-12/h4-7,11,16H,3,8,13H2,1-2H3. The van der Waals surface area contributed by atoms with Gasteiger partial charge >= 0.3 is 0 Å². The van der Waals surface area contributed by atoms with Crippen molar-refractivity contribution < 1.29 is 0 Å². The van der Waals surface area contributed by atoms with Crippen LogP contribution in [0.25, 0.3) is 0 Å². The van der Waals surface area contributed by atoms with Gasteiger partial charge in [0.2, 0.25) is 0 Å². The summed E-state index contributed by atoms with van der Waals surface area (Å²) in [5.74, 6) is 6.29. The van der Waals surface area contributed by atoms with Crippen molar-refractivity contribution in [1.29, 1.82) is 0 Å². The number of aryl methyl sites for hydroxylation is 2. The summed E-state index contributed by atoms with van der Waals surface area (Å²) in [4.78, 5) is 8.45. The fourth-order valence-electron chi connectivity index (χ4n) is 1.96. The number of hydrogen-bond acceptors (Lipinski definition) is 5. The molecule has 0 spiro atoms. The maximum absolute atomic E-state index is 5.59. The Bertz CT molecular complexity index is 493. The minimum absolute atomic E-state index is 0.104. The molecule has 1 unspecified atom stereocenters. The zero-order valence-electron chi connectivity index (χ0n) is 10.7. The summed E-state index contributed by atoms with van der Waals surface area (Å²) in [6.45, 7) is 4.90. The van der Waals surface area contributed by atoms with Crippen LogP contribution in [0.5, 0.6) is 0 Å². The third-order valence-corrected chi connectivity index (χ3v) is 2.80. The van der Waals surface area contributed by atoms with Gasteiger partial charge in [-0.1, -0.05) is 0 Å². The van der Waals surface area contributed by atoms with Crippen molar-refractivity contribution in [1.82, 2.24) is 25.2 Å². The predicted molar refractivity (Wildman–Crippen MR) is 68.4 cm³/mol. The van der Waals surface area contributed by atoms with E-state index in [1.807, 2.05) is 11.6 Å². The molecule has 0 amide bonds. The maximum Gasteiger partial charge on any atom is 0.146 e. The van der Waals surface area contributed by atoms with E-state index in [-0.39, 0.29) is 6.04 Å². The molecule has 2 heterocycles. The molecular formula is C12H18N6. The van der Waals surface area contributed by atoms with Gasteiger partial charge in [0.05, 0.1) is 11.7 Å². The minimum atomic E-state index is -0.104. The van der Waals surface area contributed by atoms with E-state index in [9.17, 15) is 0 Å². The molecule has 1 atom stereocenters. The van der Waals surface area contributed by atoms with Crippen LogP contribution in [0.4, 0.5) is 0 Å². The molecule has 0 saturated heterocycles. The number of nitrogens with one attached hydrogen (secondary N) is 1. The second-order valence-electron chi connectivity index (χ2n) is 4.12. The molecule has 0 aliphatic carbocycles. The van der Waals surface area contributed by atoms with E-state index in [4.69, 9.17) is 5.84 Å². The van der Waals surface area contributed by atoms with Gasteiger partial charge in [0.1, 0.15) is 5.82 Å². The third-order valence-electron chi connectivity index (χ3n) is 2.80. The van der Waals surface area contributed by atoms with E-state index in [1.54, 1.807) is 18.5 Å². The van der Waals surface area contributed by atoms with Gasteiger partial charge in [-0.05, 0) is 26.0 Å². The van der Waals surface area contributed by atoms with Crippen LogP contribution in [0.3, 0.4) is 0 Å². The van der Waals surface area contributed by atoms with E-state index in [0.717, 1.165) is 24.4 Å². The smallest absolute Gasteiger partial charge is 0.146 e. The SMILES string of the molecule is CCn1nc(C)cc1CC(NN)c1ncccn1. The Balaban J connectivity index is 2.20. The minimum Gasteiger partial charge on any atom is -0.271 e. The van der Waals surface area contributed by atoms with Crippen molar-refractivity contribution in [2.24, 2.45) is 5.84 Å². The van der Waals surface area contributed by atoms with Gasteiger partial charge < -0.3 is 0 Å². The molecule has 6 nitrogen and oxygen atoms in total. The maximum atomic E-state index is 5.59. The Morgan fingerprint density at radius 2 is 2.11 bits per heavy atom. The quantitative estimate of drug-likeness (QED) is 0.601. The van der Waals surface area contributed by atoms with Crippen LogP contribution in [-0.2, 0) is 13.0 Å². The summed E-state index contributed by atoms with van der Waals surface area (Å²) < 4.78 is 1.97. The zero-order valence-corrected chi connectivity index (χ0v) is 10.7. The summed E-state index contributed by atoms with van der Waals surface area (Å²) in [6, 6.07) is 3.75. The Morgan fingerprint density at radius 3 is 2.72 bits per heavy atom. The van der Waals surface area contributed by atoms with Crippen LogP contribution in [0, 0.1) is 6.92 Å². The van der Waals surface area contributed by atoms with Crippen molar-refractivity contribution in [3.8, 4) is 0 Å². The molecule has 0 radical (unpaired) electrons. The lowest BCUT2D eigenvalue weighted by atomic mass is 10.1. The summed E-state index contributed by atoms with van der Waals surface area (Å²) in [6.07, 6.45) is 4.15. The van der Waals surface area contributed by atoms with Gasteiger partial charge in [0.25, 0.3) is 0 Å². The van der Waals surface area contributed by atoms with Crippen molar-refractivity contribution in [3.63, 3.8) is 0 Å². The van der Waals surface area contributed by atoms with Gasteiger partial charge in [0, 0.05) is 31.1 Å². The summed E-state index contributed by atoms with van der Waals surface area (Å²) in [5.41, 5.74) is 4.90. The van der Waals surface area contributed by atoms with Crippen LogP contribution in [0.15, 0.2) is 24.5 Å². The molecule has 96 valence electrons. The molecule has 0 aliphatic heterocycles. The van der Waals surface area contributed by atoms with Crippen LogP contribution < -0.4 is 11.3 Å². The Kier molecular flexibility index (Phi) is 4.01. The van der Waals surface area contributed by atoms with Crippen molar-refractivity contribution >= 4 is 0 Å². The molecule has 0 aromatic carbocycles. The summed E-state index contributed by atoms with van der Waals surface area (Å²) in [5, 5.41) is 4.42. The normalized spacial score (nSPS) is 12.6. The van der Waals surface area contributed by atoms with Crippen LogP contribution >= 0.6 is 0 Å². The number of rotatable bonds is 5. The molecule has 2 aromatic rings. The van der Waals surface area contributed by atoms with E-state index < -0.39 is 0 Å². The van der Waals surface area contributed by atoms with Gasteiger partial charge in [-0.15, -0.1) is 0 Å². The van der Waals surface area contributed by atoms with Gasteiger partial charge in [-0.2, -0.15) is 5.10 Å². The number of nitrogens with two attached hydrogens (primary N) is 1. The van der Waals surface area contributed by atoms with Gasteiger partial charge in [-0.3, -0.25) is 10.5 Å². The third kappa shape index (κ3) is 2.72. The highest BCUT2D eigenvalue weighted by molar-refractivity contribution is 5.12. The Labute approximate surface area is 106 Å². The predicted octanol–water partition coefficient (Wildman–Crippen LogP) is 0.749. The van der Waals surface area contributed by atoms with Crippen LogP contribution in [0.2, 0.25) is 0 Å². The largest absolute Gasteiger partial charge is 0.271 e. The van der Waals surface area contributed by atoms with Crippen LogP contribution in [-0.4, -0.2) is 19.7 Å².